The third-order valence-corrected chi connectivity index (χ3v) is 8.48. The molecule has 2 aromatic rings. The molecule has 0 spiro atoms. The molecule has 1 aromatic carbocycles. The number of nitrogens with zero attached hydrogens (tertiary/aromatic N) is 2. The SMILES string of the molecule is O=C(O)C1CCCC2C1CCCN2C(=O)CC1(c2n[nH]c3cccc(C4CC4)c23)CC1. The van der Waals surface area contributed by atoms with Crippen molar-refractivity contribution in [3.8, 4) is 0 Å². The zero-order valence-corrected chi connectivity index (χ0v) is 18.0. The van der Waals surface area contributed by atoms with Crippen molar-refractivity contribution in [3.63, 3.8) is 0 Å². The molecule has 31 heavy (non-hydrogen) atoms. The molecule has 0 radical (unpaired) electrons. The van der Waals surface area contributed by atoms with Crippen LogP contribution in [0.1, 0.15) is 81.4 Å². The normalized spacial score (nSPS) is 29.5. The summed E-state index contributed by atoms with van der Waals surface area (Å²) in [7, 11) is 0. The number of rotatable bonds is 5. The maximum atomic E-state index is 13.6. The molecule has 1 amide bonds. The molecule has 3 unspecified atom stereocenters. The number of carboxylic acid groups (broad SMARTS) is 1. The van der Waals surface area contributed by atoms with Gasteiger partial charge in [-0.2, -0.15) is 5.10 Å². The number of fused-ring (bicyclic) bond motifs is 2. The van der Waals surface area contributed by atoms with Gasteiger partial charge in [-0.1, -0.05) is 18.6 Å². The van der Waals surface area contributed by atoms with E-state index in [-0.39, 0.29) is 29.2 Å². The van der Waals surface area contributed by atoms with Crippen molar-refractivity contribution in [2.24, 2.45) is 11.8 Å². The molecular weight excluding hydrogens is 390 g/mol. The van der Waals surface area contributed by atoms with Crippen molar-refractivity contribution in [3.05, 3.63) is 29.5 Å². The van der Waals surface area contributed by atoms with E-state index in [9.17, 15) is 14.7 Å². The molecule has 4 aliphatic rings. The van der Waals surface area contributed by atoms with Gasteiger partial charge in [-0.3, -0.25) is 14.7 Å². The number of aliphatic carboxylic acids is 1. The topological polar surface area (TPSA) is 86.3 Å². The average Bonchev–Trinajstić information content (AvgIpc) is 3.71. The van der Waals surface area contributed by atoms with Crippen LogP contribution in [0.4, 0.5) is 0 Å². The summed E-state index contributed by atoms with van der Waals surface area (Å²) in [5, 5.41) is 18.9. The number of aromatic amines is 1. The zero-order chi connectivity index (χ0) is 21.2. The molecular formula is C25H31N3O3. The third kappa shape index (κ3) is 3.17. The van der Waals surface area contributed by atoms with E-state index in [1.807, 2.05) is 0 Å². The average molecular weight is 422 g/mol. The first kappa shape index (κ1) is 19.3. The minimum atomic E-state index is -0.682. The quantitative estimate of drug-likeness (QED) is 0.751. The van der Waals surface area contributed by atoms with E-state index in [1.165, 1.54) is 23.8 Å². The molecule has 3 aliphatic carbocycles. The first-order chi connectivity index (χ1) is 15.1. The number of piperidine rings is 1. The Kier molecular flexibility index (Phi) is 4.41. The van der Waals surface area contributed by atoms with Crippen LogP contribution in [0.3, 0.4) is 0 Å². The predicted octanol–water partition coefficient (Wildman–Crippen LogP) is 4.35. The van der Waals surface area contributed by atoms with E-state index in [4.69, 9.17) is 5.10 Å². The number of nitrogens with one attached hydrogen (secondary N) is 1. The lowest BCUT2D eigenvalue weighted by Crippen LogP contribution is -2.53. The molecule has 6 rings (SSSR count). The Bertz CT molecular complexity index is 1040. The largest absolute Gasteiger partial charge is 0.481 e. The Labute approximate surface area is 182 Å². The smallest absolute Gasteiger partial charge is 0.306 e. The number of hydrogen-bond donors (Lipinski definition) is 2. The van der Waals surface area contributed by atoms with Crippen molar-refractivity contribution < 1.29 is 14.7 Å². The van der Waals surface area contributed by atoms with Crippen molar-refractivity contribution in [1.82, 2.24) is 15.1 Å². The lowest BCUT2D eigenvalue weighted by molar-refractivity contribution is -0.152. The lowest BCUT2D eigenvalue weighted by atomic mass is 9.71. The molecule has 6 nitrogen and oxygen atoms in total. The second kappa shape index (κ2) is 7.07. The summed E-state index contributed by atoms with van der Waals surface area (Å²) in [6.45, 7) is 0.775. The Hall–Kier alpha value is -2.37. The van der Waals surface area contributed by atoms with E-state index in [2.05, 4.69) is 28.2 Å². The van der Waals surface area contributed by atoms with Gasteiger partial charge in [-0.25, -0.2) is 0 Å². The van der Waals surface area contributed by atoms with E-state index in [1.54, 1.807) is 0 Å². The van der Waals surface area contributed by atoms with Gasteiger partial charge in [-0.15, -0.1) is 0 Å². The highest BCUT2D eigenvalue weighted by atomic mass is 16.4. The Morgan fingerprint density at radius 2 is 1.97 bits per heavy atom. The minimum absolute atomic E-state index is 0.102. The Morgan fingerprint density at radius 3 is 2.71 bits per heavy atom. The van der Waals surface area contributed by atoms with Gasteiger partial charge >= 0.3 is 5.97 Å². The van der Waals surface area contributed by atoms with Crippen LogP contribution in [-0.4, -0.2) is 44.7 Å². The molecule has 1 saturated heterocycles. The van der Waals surface area contributed by atoms with Crippen molar-refractivity contribution >= 4 is 22.8 Å². The van der Waals surface area contributed by atoms with Crippen molar-refractivity contribution in [1.29, 1.82) is 0 Å². The van der Waals surface area contributed by atoms with Gasteiger partial charge in [0.15, 0.2) is 0 Å². The summed E-state index contributed by atoms with van der Waals surface area (Å²) < 4.78 is 0. The molecule has 3 saturated carbocycles. The highest BCUT2D eigenvalue weighted by molar-refractivity contribution is 5.89. The maximum absolute atomic E-state index is 13.6. The van der Waals surface area contributed by atoms with Crippen LogP contribution in [0.25, 0.3) is 10.9 Å². The number of hydrogen-bond acceptors (Lipinski definition) is 3. The van der Waals surface area contributed by atoms with E-state index >= 15 is 0 Å². The summed E-state index contributed by atoms with van der Waals surface area (Å²) in [5.74, 6) is -0.00597. The van der Waals surface area contributed by atoms with Gasteiger partial charge in [-0.05, 0) is 74.8 Å². The van der Waals surface area contributed by atoms with Crippen LogP contribution in [-0.2, 0) is 15.0 Å². The summed E-state index contributed by atoms with van der Waals surface area (Å²) in [5.41, 5.74) is 3.44. The lowest BCUT2D eigenvalue weighted by Gasteiger charge is -2.46. The van der Waals surface area contributed by atoms with Crippen LogP contribution >= 0.6 is 0 Å². The molecule has 2 N–H and O–H groups in total. The van der Waals surface area contributed by atoms with Crippen LogP contribution in [0, 0.1) is 11.8 Å². The number of aromatic nitrogens is 2. The van der Waals surface area contributed by atoms with Crippen molar-refractivity contribution in [2.45, 2.75) is 81.6 Å². The number of carbonyl (C=O) groups is 2. The van der Waals surface area contributed by atoms with Crippen LogP contribution < -0.4 is 0 Å². The highest BCUT2D eigenvalue weighted by Gasteiger charge is 2.51. The van der Waals surface area contributed by atoms with Gasteiger partial charge in [0.25, 0.3) is 0 Å². The molecule has 6 heteroatoms. The third-order valence-electron chi connectivity index (χ3n) is 8.48. The standard InChI is InChI=1S/C25H31N3O3/c29-21(28-13-3-6-17-18(24(30)31)5-2-8-20(17)28)14-25(11-12-25)23-22-16(15-9-10-15)4-1-7-19(22)26-27-23/h1,4,7,15,17-18,20H,2-3,5-6,8-14H2,(H,26,27)(H,30,31). The summed E-state index contributed by atoms with van der Waals surface area (Å²) >= 11 is 0. The van der Waals surface area contributed by atoms with E-state index in [0.29, 0.717) is 12.3 Å². The fourth-order valence-corrected chi connectivity index (χ4v) is 6.56. The Balaban J connectivity index is 1.27. The van der Waals surface area contributed by atoms with Crippen LogP contribution in [0.5, 0.6) is 0 Å². The van der Waals surface area contributed by atoms with Gasteiger partial charge in [0.05, 0.1) is 17.1 Å². The molecule has 1 aliphatic heterocycles. The van der Waals surface area contributed by atoms with Crippen LogP contribution in [0.2, 0.25) is 0 Å². The second-order valence-electron chi connectivity index (χ2n) is 10.4. The number of carbonyl (C=O) groups excluding carboxylic acids is 1. The summed E-state index contributed by atoms with van der Waals surface area (Å²) in [6, 6.07) is 6.54. The van der Waals surface area contributed by atoms with Gasteiger partial charge in [0.1, 0.15) is 0 Å². The zero-order valence-electron chi connectivity index (χ0n) is 18.0. The maximum Gasteiger partial charge on any atom is 0.306 e. The fraction of sp³-hybridized carbons (Fsp3) is 0.640. The number of H-pyrrole nitrogens is 1. The molecule has 1 aromatic heterocycles. The van der Waals surface area contributed by atoms with Gasteiger partial charge < -0.3 is 10.0 Å². The van der Waals surface area contributed by atoms with Crippen molar-refractivity contribution in [2.75, 3.05) is 6.54 Å². The predicted molar refractivity (Wildman–Crippen MR) is 117 cm³/mol. The monoisotopic (exact) mass is 421 g/mol. The number of carboxylic acids is 1. The Morgan fingerprint density at radius 1 is 1.13 bits per heavy atom. The van der Waals surface area contributed by atoms with Gasteiger partial charge in [0, 0.05) is 29.8 Å². The molecule has 4 fully saturated rings. The molecule has 164 valence electrons. The summed E-state index contributed by atoms with van der Waals surface area (Å²) in [4.78, 5) is 27.4. The van der Waals surface area contributed by atoms with Crippen LogP contribution in [0.15, 0.2) is 18.2 Å². The first-order valence-electron chi connectivity index (χ1n) is 12.1. The molecule has 0 bridgehead atoms. The number of likely N-dealkylation sites (tertiary alicyclic amines) is 1. The summed E-state index contributed by atoms with van der Waals surface area (Å²) in [6.07, 6.45) is 9.49. The highest BCUT2D eigenvalue weighted by Crippen LogP contribution is 2.55. The number of benzene rings is 1. The first-order valence-corrected chi connectivity index (χ1v) is 12.1. The van der Waals surface area contributed by atoms with E-state index < -0.39 is 5.97 Å². The second-order valence-corrected chi connectivity index (χ2v) is 10.4. The minimum Gasteiger partial charge on any atom is -0.481 e. The molecule has 3 atom stereocenters. The van der Waals surface area contributed by atoms with Gasteiger partial charge in [0.2, 0.25) is 5.91 Å². The van der Waals surface area contributed by atoms with E-state index in [0.717, 1.165) is 62.7 Å². The fourth-order valence-electron chi connectivity index (χ4n) is 6.56. The number of amides is 1. The molecule has 2 heterocycles.